The minimum atomic E-state index is 0. The Morgan fingerprint density at radius 1 is 0.433 bits per heavy atom. The van der Waals surface area contributed by atoms with E-state index in [9.17, 15) is 10.2 Å². The third-order valence-electron chi connectivity index (χ3n) is 13.4. The molecule has 1 fully saturated rings. The molecule has 8 aromatic carbocycles. The molecule has 336 valence electrons. The van der Waals surface area contributed by atoms with Gasteiger partial charge in [-0.25, -0.2) is 0 Å². The maximum atomic E-state index is 12.2. The topological polar surface area (TPSA) is 68.8 Å². The van der Waals surface area contributed by atoms with Crippen LogP contribution in [0.4, 0.5) is 0 Å². The van der Waals surface area contributed by atoms with Crippen LogP contribution < -0.4 is 9.47 Å². The number of aryl methyl sites for hydroxylation is 2. The SMILES string of the molecule is Cc1cc(-c2ccccc2OC[C@@H]2CCCC[C@H]2COc2ccccc2-c2cc(C)cc(-n3c4ccccc4c4ccccc43)c2O)c(O)c(-n2c3ccccc3c3ccccc32)c1.[CH3-].[CH3-].[Hf]. The van der Waals surface area contributed by atoms with E-state index in [-0.39, 0.29) is 64.0 Å². The molecule has 67 heavy (non-hydrogen) atoms. The molecule has 10 aromatic rings. The van der Waals surface area contributed by atoms with E-state index in [1.54, 1.807) is 0 Å². The third kappa shape index (κ3) is 8.44. The fraction of sp³-hybridized carbons (Fsp3) is 0.167. The predicted octanol–water partition coefficient (Wildman–Crippen LogP) is 15.4. The predicted molar refractivity (Wildman–Crippen MR) is 275 cm³/mol. The normalized spacial score (nSPS) is 14.7. The van der Waals surface area contributed by atoms with Gasteiger partial charge < -0.3 is 43.7 Å². The number of aromatic nitrogens is 2. The van der Waals surface area contributed by atoms with Crippen molar-refractivity contribution in [3.63, 3.8) is 0 Å². The Kier molecular flexibility index (Phi) is 13.8. The van der Waals surface area contributed by atoms with Crippen molar-refractivity contribution in [3.8, 4) is 56.6 Å². The molecule has 0 radical (unpaired) electrons. The van der Waals surface area contributed by atoms with E-state index in [2.05, 4.69) is 144 Å². The quantitative estimate of drug-likeness (QED) is 0.106. The van der Waals surface area contributed by atoms with E-state index >= 15 is 0 Å². The summed E-state index contributed by atoms with van der Waals surface area (Å²) in [4.78, 5) is 0. The minimum absolute atomic E-state index is 0. The van der Waals surface area contributed by atoms with Crippen molar-refractivity contribution in [2.45, 2.75) is 39.5 Å². The van der Waals surface area contributed by atoms with Crippen LogP contribution >= 0.6 is 0 Å². The zero-order chi connectivity index (χ0) is 43.3. The van der Waals surface area contributed by atoms with Gasteiger partial charge in [0.2, 0.25) is 0 Å². The molecule has 0 unspecified atom stereocenters. The molecule has 1 saturated carbocycles. The minimum Gasteiger partial charge on any atom is -0.505 e. The Balaban J connectivity index is 0.00000203. The summed E-state index contributed by atoms with van der Waals surface area (Å²) in [5.74, 6) is 2.50. The van der Waals surface area contributed by atoms with E-state index in [0.29, 0.717) is 13.2 Å². The standard InChI is InChI=1S/C58H50N2O4.2CH3.Hf/c1-37-31-47(57(61)53(33-37)59-49-25-11-5-19-41(49)42-20-6-12-26-50(42)59)45-23-9-15-29-55(45)63-35-39-17-3-4-18-40(39)36-64-56-30-16-10-24-46(56)48-32-38(2)34-54(58(48)62)60-51-27-13-7-21-43(51)44-22-8-14-28-52(44)60;;;/h5-16,19-34,39-40,61-62H,3-4,17-18,35-36H2,1-2H3;2*1H3;/q;2*-1;/t39-,40-;;;/m0.../s1. The Bertz CT molecular complexity index is 3050. The fourth-order valence-corrected chi connectivity index (χ4v) is 10.4. The molecule has 2 atom stereocenters. The second-order valence-electron chi connectivity index (χ2n) is 17.5. The van der Waals surface area contributed by atoms with Crippen LogP contribution in [-0.2, 0) is 25.8 Å². The van der Waals surface area contributed by atoms with Gasteiger partial charge in [-0.1, -0.05) is 122 Å². The molecule has 0 saturated heterocycles. The second-order valence-corrected chi connectivity index (χ2v) is 17.5. The number of phenolic OH excluding ortho intramolecular Hbond substituents is 2. The summed E-state index contributed by atoms with van der Waals surface area (Å²) in [5, 5.41) is 29.0. The van der Waals surface area contributed by atoms with Crippen LogP contribution in [0.3, 0.4) is 0 Å². The van der Waals surface area contributed by atoms with Crippen LogP contribution in [-0.4, -0.2) is 32.6 Å². The van der Waals surface area contributed by atoms with Gasteiger partial charge in [0.1, 0.15) is 23.0 Å². The zero-order valence-electron chi connectivity index (χ0n) is 38.7. The number of hydrogen-bond donors (Lipinski definition) is 2. The second kappa shape index (κ2) is 19.7. The van der Waals surface area contributed by atoms with Gasteiger partial charge >= 0.3 is 0 Å². The monoisotopic (exact) mass is 1050 g/mol. The van der Waals surface area contributed by atoms with Crippen molar-refractivity contribution in [3.05, 3.63) is 196 Å². The number of fused-ring (bicyclic) bond motifs is 6. The van der Waals surface area contributed by atoms with Gasteiger partial charge in [0.15, 0.2) is 0 Å². The molecule has 2 aromatic heterocycles. The van der Waals surface area contributed by atoms with Crippen LogP contribution in [0.1, 0.15) is 36.8 Å². The number of para-hydroxylation sites is 6. The summed E-state index contributed by atoms with van der Waals surface area (Å²) in [6.07, 6.45) is 4.39. The summed E-state index contributed by atoms with van der Waals surface area (Å²) < 4.78 is 18.0. The summed E-state index contributed by atoms with van der Waals surface area (Å²) in [6, 6.07) is 57.9. The maximum Gasteiger partial charge on any atom is 0.147 e. The van der Waals surface area contributed by atoms with E-state index in [4.69, 9.17) is 9.47 Å². The van der Waals surface area contributed by atoms with Crippen LogP contribution in [0.2, 0.25) is 0 Å². The summed E-state index contributed by atoms with van der Waals surface area (Å²) in [7, 11) is 0. The van der Waals surface area contributed by atoms with E-state index in [0.717, 1.165) is 126 Å². The first-order chi connectivity index (χ1) is 31.4. The average molecular weight is 1050 g/mol. The number of ether oxygens (including phenoxy) is 2. The van der Waals surface area contributed by atoms with Crippen molar-refractivity contribution >= 4 is 43.6 Å². The first-order valence-electron chi connectivity index (χ1n) is 22.5. The van der Waals surface area contributed by atoms with Crippen molar-refractivity contribution in [2.24, 2.45) is 11.8 Å². The largest absolute Gasteiger partial charge is 0.505 e. The first kappa shape index (κ1) is 46.9. The Labute approximate surface area is 412 Å². The Hall–Kier alpha value is -6.57. The van der Waals surface area contributed by atoms with Crippen LogP contribution in [0.15, 0.2) is 170 Å². The van der Waals surface area contributed by atoms with Crippen LogP contribution in [0, 0.1) is 40.5 Å². The van der Waals surface area contributed by atoms with Gasteiger partial charge in [-0.3, -0.25) is 0 Å². The van der Waals surface area contributed by atoms with Gasteiger partial charge in [-0.05, 0) is 110 Å². The van der Waals surface area contributed by atoms with Gasteiger partial charge in [-0.2, -0.15) is 0 Å². The zero-order valence-corrected chi connectivity index (χ0v) is 42.3. The van der Waals surface area contributed by atoms with Gasteiger partial charge in [0.05, 0.1) is 46.7 Å². The average Bonchev–Trinajstić information content (AvgIpc) is 3.85. The molecule has 0 spiro atoms. The number of rotatable bonds is 10. The molecular weight excluding hydrogens is 991 g/mol. The number of benzene rings is 8. The summed E-state index contributed by atoms with van der Waals surface area (Å²) >= 11 is 0. The summed E-state index contributed by atoms with van der Waals surface area (Å²) in [5.41, 5.74) is 11.0. The third-order valence-corrected chi connectivity index (χ3v) is 13.4. The number of aromatic hydroxyl groups is 2. The van der Waals surface area contributed by atoms with Gasteiger partial charge in [0.25, 0.3) is 0 Å². The molecule has 1 aliphatic carbocycles. The van der Waals surface area contributed by atoms with Crippen molar-refractivity contribution in [1.82, 2.24) is 9.13 Å². The summed E-state index contributed by atoms with van der Waals surface area (Å²) in [6.45, 7) is 5.25. The molecule has 0 bridgehead atoms. The van der Waals surface area contributed by atoms with Gasteiger partial charge in [-0.15, -0.1) is 0 Å². The Morgan fingerprint density at radius 3 is 1.10 bits per heavy atom. The maximum absolute atomic E-state index is 12.2. The first-order valence-corrected chi connectivity index (χ1v) is 22.5. The van der Waals surface area contributed by atoms with E-state index in [1.165, 1.54) is 0 Å². The number of nitrogens with zero attached hydrogens (tertiary/aromatic N) is 2. The van der Waals surface area contributed by atoms with Crippen LogP contribution in [0.5, 0.6) is 23.0 Å². The molecule has 7 heteroatoms. The number of phenols is 2. The smallest absolute Gasteiger partial charge is 0.147 e. The molecule has 1 aliphatic rings. The van der Waals surface area contributed by atoms with Crippen molar-refractivity contribution in [2.75, 3.05) is 13.2 Å². The van der Waals surface area contributed by atoms with Gasteiger partial charge in [0, 0.05) is 69.6 Å². The Morgan fingerprint density at radius 2 is 0.746 bits per heavy atom. The molecular formula is C60H56HfN2O4-2. The molecule has 0 amide bonds. The van der Waals surface area contributed by atoms with Crippen molar-refractivity contribution in [1.29, 1.82) is 0 Å². The van der Waals surface area contributed by atoms with E-state index in [1.807, 2.05) is 48.5 Å². The van der Waals surface area contributed by atoms with Crippen molar-refractivity contribution < 1.29 is 45.5 Å². The molecule has 2 N–H and O–H groups in total. The van der Waals surface area contributed by atoms with Crippen LogP contribution in [0.25, 0.3) is 77.2 Å². The molecule has 2 heterocycles. The molecule has 6 nitrogen and oxygen atoms in total. The molecule has 0 aliphatic heterocycles. The van der Waals surface area contributed by atoms with E-state index < -0.39 is 0 Å². The molecule has 11 rings (SSSR count). The number of hydrogen-bond acceptors (Lipinski definition) is 4. The fourth-order valence-electron chi connectivity index (χ4n) is 10.4.